The first kappa shape index (κ1) is 16.7. The molecular formula is C19H14N2S3. The van der Waals surface area contributed by atoms with Crippen molar-refractivity contribution in [2.45, 2.75) is 18.8 Å². The van der Waals surface area contributed by atoms with E-state index in [9.17, 15) is 10.5 Å². The second kappa shape index (κ2) is 7.15. The normalized spacial score (nSPS) is 13.9. The topological polar surface area (TPSA) is 47.6 Å². The molecule has 3 heterocycles. The maximum absolute atomic E-state index is 9.64. The van der Waals surface area contributed by atoms with Crippen molar-refractivity contribution in [1.82, 2.24) is 0 Å². The van der Waals surface area contributed by atoms with Crippen LogP contribution in [0.5, 0.6) is 0 Å². The minimum Gasteiger partial charge on any atom is -0.197 e. The first-order chi connectivity index (χ1) is 11.6. The summed E-state index contributed by atoms with van der Waals surface area (Å²) in [6.45, 7) is 1.99. The van der Waals surface area contributed by atoms with Crippen LogP contribution in [-0.2, 0) is 11.8 Å². The number of allylic oxidation sites excluding steroid dienone is 1. The molecule has 0 aromatic carbocycles. The van der Waals surface area contributed by atoms with E-state index in [4.69, 9.17) is 0 Å². The van der Waals surface area contributed by atoms with E-state index in [1.165, 1.54) is 0 Å². The molecule has 0 amide bonds. The lowest BCUT2D eigenvalue weighted by Gasteiger charge is -2.18. The predicted molar refractivity (Wildman–Crippen MR) is 103 cm³/mol. The average molecular weight is 367 g/mol. The zero-order valence-electron chi connectivity index (χ0n) is 13.0. The average Bonchev–Trinajstić information content (AvgIpc) is 3.33. The van der Waals surface area contributed by atoms with Crippen molar-refractivity contribution < 1.29 is 0 Å². The molecule has 0 N–H and O–H groups in total. The van der Waals surface area contributed by atoms with Gasteiger partial charge in [-0.3, -0.25) is 0 Å². The van der Waals surface area contributed by atoms with Gasteiger partial charge in [-0.1, -0.05) is 12.1 Å². The van der Waals surface area contributed by atoms with Crippen LogP contribution in [0, 0.1) is 22.7 Å². The molecule has 24 heavy (non-hydrogen) atoms. The third-order valence-corrected chi connectivity index (χ3v) is 6.78. The smallest absolute Gasteiger partial charge is 0.101 e. The molecule has 1 unspecified atom stereocenters. The van der Waals surface area contributed by atoms with Gasteiger partial charge < -0.3 is 0 Å². The Morgan fingerprint density at radius 1 is 1.12 bits per heavy atom. The quantitative estimate of drug-likeness (QED) is 0.523. The van der Waals surface area contributed by atoms with Gasteiger partial charge in [-0.25, -0.2) is 0 Å². The Labute approximate surface area is 153 Å². The molecule has 0 aliphatic rings. The van der Waals surface area contributed by atoms with Crippen molar-refractivity contribution in [2.75, 3.05) is 0 Å². The van der Waals surface area contributed by atoms with Crippen LogP contribution in [0.25, 0.3) is 11.6 Å². The van der Waals surface area contributed by atoms with Crippen molar-refractivity contribution >= 4 is 45.7 Å². The molecular weight excluding hydrogens is 352 g/mol. The van der Waals surface area contributed by atoms with Gasteiger partial charge >= 0.3 is 0 Å². The summed E-state index contributed by atoms with van der Waals surface area (Å²) in [6.07, 6.45) is 2.61. The summed E-state index contributed by atoms with van der Waals surface area (Å²) in [4.78, 5) is 4.27. The molecule has 2 nitrogen and oxygen atoms in total. The molecule has 0 fully saturated rings. The number of nitriles is 2. The maximum atomic E-state index is 9.64. The van der Waals surface area contributed by atoms with E-state index in [0.717, 1.165) is 19.5 Å². The third-order valence-electron chi connectivity index (χ3n) is 3.72. The van der Waals surface area contributed by atoms with Crippen LogP contribution in [0.3, 0.4) is 0 Å². The van der Waals surface area contributed by atoms with Gasteiger partial charge in [0.25, 0.3) is 0 Å². The van der Waals surface area contributed by atoms with E-state index in [-0.39, 0.29) is 0 Å². The molecule has 5 heteroatoms. The van der Waals surface area contributed by atoms with Crippen LogP contribution in [0.15, 0.2) is 47.2 Å². The van der Waals surface area contributed by atoms with Crippen molar-refractivity contribution in [3.63, 3.8) is 0 Å². The van der Waals surface area contributed by atoms with Gasteiger partial charge in [0.15, 0.2) is 0 Å². The molecule has 0 aliphatic carbocycles. The number of hydrogen-bond acceptors (Lipinski definition) is 5. The van der Waals surface area contributed by atoms with E-state index < -0.39 is 5.41 Å². The summed E-state index contributed by atoms with van der Waals surface area (Å²) in [7, 11) is 0. The maximum Gasteiger partial charge on any atom is 0.101 e. The highest BCUT2D eigenvalue weighted by molar-refractivity contribution is 7.13. The Bertz CT molecular complexity index is 918. The highest BCUT2D eigenvalue weighted by atomic mass is 32.1. The molecule has 3 rings (SSSR count). The van der Waals surface area contributed by atoms with E-state index in [2.05, 4.69) is 18.2 Å². The third kappa shape index (κ3) is 3.49. The summed E-state index contributed by atoms with van der Waals surface area (Å²) in [6, 6.07) is 16.7. The number of rotatable bonds is 5. The summed E-state index contributed by atoms with van der Waals surface area (Å²) >= 11 is 4.83. The molecule has 0 bridgehead atoms. The van der Waals surface area contributed by atoms with Crippen LogP contribution in [-0.4, -0.2) is 0 Å². The van der Waals surface area contributed by atoms with Gasteiger partial charge in [-0.2, -0.15) is 10.5 Å². The highest BCUT2D eigenvalue weighted by Gasteiger charge is 2.28. The van der Waals surface area contributed by atoms with Crippen LogP contribution in [0.2, 0.25) is 0 Å². The lowest BCUT2D eigenvalue weighted by molar-refractivity contribution is 0.625. The zero-order chi connectivity index (χ0) is 17.0. The molecule has 3 aromatic heterocycles. The first-order valence-corrected chi connectivity index (χ1v) is 9.92. The second-order valence-corrected chi connectivity index (χ2v) is 8.64. The predicted octanol–water partition coefficient (Wildman–Crippen LogP) is 5.96. The minimum atomic E-state index is -0.508. The van der Waals surface area contributed by atoms with Gasteiger partial charge in [-0.15, -0.1) is 34.0 Å². The monoisotopic (exact) mass is 366 g/mol. The Morgan fingerprint density at radius 2 is 1.92 bits per heavy atom. The SMILES string of the molecule is CC(C#N)(Cc1ccc(C=C(C#N)c2cccs2)s1)c1cccs1. The summed E-state index contributed by atoms with van der Waals surface area (Å²) in [5.41, 5.74) is 0.172. The van der Waals surface area contributed by atoms with E-state index in [0.29, 0.717) is 12.0 Å². The first-order valence-electron chi connectivity index (χ1n) is 7.34. The van der Waals surface area contributed by atoms with Gasteiger partial charge in [-0.05, 0) is 48.0 Å². The molecule has 1 atom stereocenters. The fourth-order valence-electron chi connectivity index (χ4n) is 2.42. The molecule has 118 valence electrons. The Balaban J connectivity index is 1.84. The largest absolute Gasteiger partial charge is 0.197 e. The van der Waals surface area contributed by atoms with Crippen LogP contribution >= 0.6 is 34.0 Å². The molecule has 0 spiro atoms. The van der Waals surface area contributed by atoms with Crippen molar-refractivity contribution in [1.29, 1.82) is 10.5 Å². The molecule has 0 saturated heterocycles. The fraction of sp³-hybridized carbons (Fsp3) is 0.158. The Morgan fingerprint density at radius 3 is 2.54 bits per heavy atom. The Hall–Kier alpha value is -2.18. The van der Waals surface area contributed by atoms with Crippen LogP contribution < -0.4 is 0 Å². The molecule has 0 radical (unpaired) electrons. The van der Waals surface area contributed by atoms with Gasteiger partial charge in [0.2, 0.25) is 0 Å². The van der Waals surface area contributed by atoms with E-state index in [1.807, 2.05) is 54.1 Å². The van der Waals surface area contributed by atoms with E-state index in [1.54, 1.807) is 34.0 Å². The minimum absolute atomic E-state index is 0.508. The summed E-state index contributed by atoms with van der Waals surface area (Å²) < 4.78 is 0. The van der Waals surface area contributed by atoms with Crippen molar-refractivity contribution in [3.05, 3.63) is 66.7 Å². The lowest BCUT2D eigenvalue weighted by atomic mass is 9.86. The number of thiophene rings is 3. The highest BCUT2D eigenvalue weighted by Crippen LogP contribution is 2.34. The standard InChI is InChI=1S/C19H14N2S3/c1-19(13-21,18-5-3-9-23-18)11-16-7-6-15(24-16)10-14(12-20)17-4-2-8-22-17/h2-10H,11H2,1H3. The fourth-order valence-corrected chi connectivity index (χ4v) is 5.07. The molecule has 0 saturated carbocycles. The van der Waals surface area contributed by atoms with Gasteiger partial charge in [0.1, 0.15) is 6.07 Å². The molecule has 3 aromatic rings. The van der Waals surface area contributed by atoms with Gasteiger partial charge in [0, 0.05) is 25.9 Å². The van der Waals surface area contributed by atoms with Gasteiger partial charge in [0.05, 0.1) is 17.1 Å². The summed E-state index contributed by atoms with van der Waals surface area (Å²) in [5.74, 6) is 0. The molecule has 0 aliphatic heterocycles. The van der Waals surface area contributed by atoms with Crippen LogP contribution in [0.1, 0.15) is 26.4 Å². The van der Waals surface area contributed by atoms with Crippen LogP contribution in [0.4, 0.5) is 0 Å². The van der Waals surface area contributed by atoms with E-state index >= 15 is 0 Å². The number of nitrogens with zero attached hydrogens (tertiary/aromatic N) is 2. The van der Waals surface area contributed by atoms with Crippen molar-refractivity contribution in [2.24, 2.45) is 0 Å². The second-order valence-electron chi connectivity index (χ2n) is 5.55. The number of hydrogen-bond donors (Lipinski definition) is 0. The summed E-state index contributed by atoms with van der Waals surface area (Å²) in [5, 5.41) is 23.0. The zero-order valence-corrected chi connectivity index (χ0v) is 15.5. The Kier molecular flexibility index (Phi) is 4.97. The van der Waals surface area contributed by atoms with Crippen molar-refractivity contribution in [3.8, 4) is 12.1 Å². The lowest BCUT2D eigenvalue weighted by Crippen LogP contribution is -2.20.